The van der Waals surface area contributed by atoms with Gasteiger partial charge in [-0.2, -0.15) is 0 Å². The van der Waals surface area contributed by atoms with E-state index in [2.05, 4.69) is 36.1 Å². The lowest BCUT2D eigenvalue weighted by molar-refractivity contribution is 0.0693. The zero-order valence-corrected chi connectivity index (χ0v) is 23.2. The van der Waals surface area contributed by atoms with Crippen molar-refractivity contribution in [1.82, 2.24) is 0 Å². The zero-order valence-electron chi connectivity index (χ0n) is 23.2. The van der Waals surface area contributed by atoms with Gasteiger partial charge in [0.05, 0.1) is 13.2 Å². The maximum atomic E-state index is 13.8. The first-order valence-corrected chi connectivity index (χ1v) is 13.8. The summed E-state index contributed by atoms with van der Waals surface area (Å²) in [5.41, 5.74) is 6.36. The van der Waals surface area contributed by atoms with Gasteiger partial charge in [0.15, 0.2) is 0 Å². The smallest absolute Gasteiger partial charge is 0.339 e. The SMILES string of the molecule is O=C(O)c1cc(N(Cc2ccc(C#Cc3ccc(-c4ccccc4)cc3)cc2)C(=O)c2ccc3c(c2)CCO3)ccc1O. The fraction of sp³-hybridized carbons (Fsp3) is 0.0811. The Labute approximate surface area is 249 Å². The van der Waals surface area contributed by atoms with Crippen molar-refractivity contribution in [3.63, 3.8) is 0 Å². The number of amides is 1. The Morgan fingerprint density at radius 3 is 2.14 bits per heavy atom. The van der Waals surface area contributed by atoms with Crippen molar-refractivity contribution in [2.24, 2.45) is 0 Å². The highest BCUT2D eigenvalue weighted by Crippen LogP contribution is 2.30. The number of carbonyl (C=O) groups is 2. The lowest BCUT2D eigenvalue weighted by Gasteiger charge is -2.24. The molecular weight excluding hydrogens is 538 g/mol. The van der Waals surface area contributed by atoms with Gasteiger partial charge in [0, 0.05) is 28.8 Å². The highest BCUT2D eigenvalue weighted by atomic mass is 16.5. The Bertz CT molecular complexity index is 1870. The van der Waals surface area contributed by atoms with Crippen molar-refractivity contribution in [1.29, 1.82) is 0 Å². The zero-order chi connectivity index (χ0) is 29.8. The highest BCUT2D eigenvalue weighted by molar-refractivity contribution is 6.07. The molecule has 0 saturated heterocycles. The van der Waals surface area contributed by atoms with Crippen molar-refractivity contribution in [3.05, 3.63) is 149 Å². The van der Waals surface area contributed by atoms with Crippen molar-refractivity contribution >= 4 is 17.6 Å². The van der Waals surface area contributed by atoms with E-state index in [0.29, 0.717) is 17.9 Å². The predicted octanol–water partition coefficient (Wildman–Crippen LogP) is 6.94. The van der Waals surface area contributed by atoms with E-state index in [0.717, 1.165) is 45.6 Å². The highest BCUT2D eigenvalue weighted by Gasteiger charge is 2.23. The van der Waals surface area contributed by atoms with Crippen molar-refractivity contribution < 1.29 is 24.5 Å². The van der Waals surface area contributed by atoms with E-state index in [1.54, 1.807) is 18.2 Å². The summed E-state index contributed by atoms with van der Waals surface area (Å²) in [6, 6.07) is 35.4. The van der Waals surface area contributed by atoms with Gasteiger partial charge in [-0.05, 0) is 82.9 Å². The predicted molar refractivity (Wildman–Crippen MR) is 166 cm³/mol. The van der Waals surface area contributed by atoms with Crippen LogP contribution in [0.3, 0.4) is 0 Å². The summed E-state index contributed by atoms with van der Waals surface area (Å²) in [5, 5.41) is 19.6. The second-order valence-electron chi connectivity index (χ2n) is 10.2. The number of fused-ring (bicyclic) bond motifs is 1. The number of rotatable bonds is 6. The van der Waals surface area contributed by atoms with Crippen LogP contribution in [0.2, 0.25) is 0 Å². The molecule has 43 heavy (non-hydrogen) atoms. The van der Waals surface area contributed by atoms with Gasteiger partial charge in [0.2, 0.25) is 0 Å². The number of nitrogens with zero attached hydrogens (tertiary/aromatic N) is 1. The molecule has 1 aliphatic heterocycles. The Morgan fingerprint density at radius 2 is 1.44 bits per heavy atom. The molecule has 0 aliphatic carbocycles. The molecule has 6 rings (SSSR count). The summed E-state index contributed by atoms with van der Waals surface area (Å²) in [6.45, 7) is 0.760. The first kappa shape index (κ1) is 27.4. The molecule has 5 aromatic carbocycles. The molecule has 6 heteroatoms. The van der Waals surface area contributed by atoms with Gasteiger partial charge in [-0.1, -0.05) is 66.4 Å². The fourth-order valence-corrected chi connectivity index (χ4v) is 5.02. The molecule has 0 unspecified atom stereocenters. The molecule has 0 spiro atoms. The standard InChI is InChI=1S/C37H27NO5/c39-34-18-17-32(23-33(34)37(41)42)38(36(40)31-16-19-35-30(22-31)20-21-43-35)24-27-10-8-25(9-11-27)6-7-26-12-14-29(15-13-26)28-4-2-1-3-5-28/h1-5,8-19,22-23,39H,20-21,24H2,(H,41,42). The molecule has 0 radical (unpaired) electrons. The molecule has 0 aromatic heterocycles. The molecule has 1 amide bonds. The summed E-state index contributed by atoms with van der Waals surface area (Å²) >= 11 is 0. The van der Waals surface area contributed by atoms with Gasteiger partial charge in [-0.3, -0.25) is 4.79 Å². The molecule has 0 saturated carbocycles. The third-order valence-corrected chi connectivity index (χ3v) is 7.34. The second-order valence-corrected chi connectivity index (χ2v) is 10.2. The van der Waals surface area contributed by atoms with Crippen LogP contribution in [0, 0.1) is 11.8 Å². The monoisotopic (exact) mass is 565 g/mol. The van der Waals surface area contributed by atoms with Crippen molar-refractivity contribution in [2.45, 2.75) is 13.0 Å². The second kappa shape index (κ2) is 12.0. The number of aromatic hydroxyl groups is 1. The average molecular weight is 566 g/mol. The van der Waals surface area contributed by atoms with Crippen LogP contribution in [-0.4, -0.2) is 28.7 Å². The summed E-state index contributed by atoms with van der Waals surface area (Å²) < 4.78 is 5.58. The number of anilines is 1. The van der Waals surface area contributed by atoms with Crippen LogP contribution in [-0.2, 0) is 13.0 Å². The van der Waals surface area contributed by atoms with Gasteiger partial charge < -0.3 is 19.8 Å². The van der Waals surface area contributed by atoms with Crippen LogP contribution in [0.15, 0.2) is 115 Å². The minimum atomic E-state index is -1.28. The number of phenols is 1. The maximum Gasteiger partial charge on any atom is 0.339 e. The van der Waals surface area contributed by atoms with Crippen LogP contribution in [0.1, 0.15) is 43.0 Å². The summed E-state index contributed by atoms with van der Waals surface area (Å²) in [4.78, 5) is 27.0. The Hall–Kier alpha value is -5.80. The molecule has 0 fully saturated rings. The molecular formula is C37H27NO5. The number of hydrogen-bond acceptors (Lipinski definition) is 4. The Kier molecular flexibility index (Phi) is 7.62. The molecule has 2 N–H and O–H groups in total. The summed E-state index contributed by atoms with van der Waals surface area (Å²) in [6.07, 6.45) is 0.721. The number of carboxylic acid groups (broad SMARTS) is 1. The first-order valence-electron chi connectivity index (χ1n) is 13.8. The van der Waals surface area contributed by atoms with E-state index in [1.165, 1.54) is 17.0 Å². The molecule has 5 aromatic rings. The maximum absolute atomic E-state index is 13.8. The number of aromatic carboxylic acids is 1. The van der Waals surface area contributed by atoms with Gasteiger partial charge in [0.25, 0.3) is 5.91 Å². The van der Waals surface area contributed by atoms with E-state index in [4.69, 9.17) is 4.74 Å². The number of hydrogen-bond donors (Lipinski definition) is 2. The van der Waals surface area contributed by atoms with E-state index in [9.17, 15) is 19.8 Å². The van der Waals surface area contributed by atoms with E-state index in [-0.39, 0.29) is 23.8 Å². The summed E-state index contributed by atoms with van der Waals surface area (Å²) in [7, 11) is 0. The Balaban J connectivity index is 1.24. The third kappa shape index (κ3) is 6.12. The fourth-order valence-electron chi connectivity index (χ4n) is 5.02. The largest absolute Gasteiger partial charge is 0.507 e. The minimum Gasteiger partial charge on any atom is -0.507 e. The average Bonchev–Trinajstić information content (AvgIpc) is 3.52. The number of carbonyl (C=O) groups excluding carboxylic acids is 1. The molecule has 1 heterocycles. The number of benzene rings is 5. The van der Waals surface area contributed by atoms with Gasteiger partial charge in [-0.25, -0.2) is 4.79 Å². The van der Waals surface area contributed by atoms with Crippen LogP contribution in [0.5, 0.6) is 11.5 Å². The van der Waals surface area contributed by atoms with Crippen LogP contribution in [0.4, 0.5) is 5.69 Å². The normalized spacial score (nSPS) is 11.5. The molecule has 1 aliphatic rings. The van der Waals surface area contributed by atoms with Crippen molar-refractivity contribution in [3.8, 4) is 34.5 Å². The van der Waals surface area contributed by atoms with E-state index in [1.807, 2.05) is 60.7 Å². The topological polar surface area (TPSA) is 87.1 Å². The lowest BCUT2D eigenvalue weighted by atomic mass is 10.0. The molecule has 0 bridgehead atoms. The van der Waals surface area contributed by atoms with Crippen molar-refractivity contribution in [2.75, 3.05) is 11.5 Å². The van der Waals surface area contributed by atoms with Gasteiger partial charge in [-0.15, -0.1) is 0 Å². The van der Waals surface area contributed by atoms with E-state index < -0.39 is 5.97 Å². The van der Waals surface area contributed by atoms with Crippen LogP contribution in [0.25, 0.3) is 11.1 Å². The van der Waals surface area contributed by atoms with Gasteiger partial charge >= 0.3 is 5.97 Å². The summed E-state index contributed by atoms with van der Waals surface area (Å²) in [5.74, 6) is 5.23. The lowest BCUT2D eigenvalue weighted by Crippen LogP contribution is -2.30. The van der Waals surface area contributed by atoms with Crippen LogP contribution >= 0.6 is 0 Å². The Morgan fingerprint density at radius 1 is 0.767 bits per heavy atom. The van der Waals surface area contributed by atoms with E-state index >= 15 is 0 Å². The van der Waals surface area contributed by atoms with Gasteiger partial charge in [0.1, 0.15) is 17.1 Å². The van der Waals surface area contributed by atoms with Crippen LogP contribution < -0.4 is 9.64 Å². The third-order valence-electron chi connectivity index (χ3n) is 7.34. The minimum absolute atomic E-state index is 0.185. The first-order chi connectivity index (χ1) is 20.9. The number of ether oxygens (including phenoxy) is 1. The number of carboxylic acids is 1. The quantitative estimate of drug-likeness (QED) is 0.218. The molecule has 0 atom stereocenters. The molecule has 210 valence electrons. The molecule has 6 nitrogen and oxygen atoms in total.